The van der Waals surface area contributed by atoms with E-state index >= 15 is 0 Å². The van der Waals surface area contributed by atoms with E-state index in [1.54, 1.807) is 0 Å². The molecule has 3 heteroatoms. The van der Waals surface area contributed by atoms with Crippen LogP contribution in [0.3, 0.4) is 0 Å². The molecular formula is C16H26N2O. The lowest BCUT2D eigenvalue weighted by molar-refractivity contribution is 0.148. The van der Waals surface area contributed by atoms with E-state index in [0.717, 1.165) is 31.9 Å². The maximum absolute atomic E-state index is 5.67. The minimum absolute atomic E-state index is 0.221. The molecule has 0 aromatic heterocycles. The van der Waals surface area contributed by atoms with Crippen molar-refractivity contribution in [3.8, 4) is 5.75 Å². The lowest BCUT2D eigenvalue weighted by Gasteiger charge is -2.39. The molecule has 3 nitrogen and oxygen atoms in total. The molecule has 1 N–H and O–H groups in total. The van der Waals surface area contributed by atoms with Gasteiger partial charge >= 0.3 is 0 Å². The van der Waals surface area contributed by atoms with E-state index in [2.05, 4.69) is 62.2 Å². The van der Waals surface area contributed by atoms with Crippen LogP contribution in [0.5, 0.6) is 5.75 Å². The summed E-state index contributed by atoms with van der Waals surface area (Å²) in [6, 6.07) is 8.49. The highest BCUT2D eigenvalue weighted by molar-refractivity contribution is 5.27. The summed E-state index contributed by atoms with van der Waals surface area (Å²) in [6.07, 6.45) is 0.236. The van der Waals surface area contributed by atoms with Gasteiger partial charge in [0.2, 0.25) is 0 Å². The zero-order valence-electron chi connectivity index (χ0n) is 12.6. The molecule has 1 heterocycles. The molecular weight excluding hydrogens is 236 g/mol. The summed E-state index contributed by atoms with van der Waals surface area (Å²) < 4.78 is 5.67. The topological polar surface area (TPSA) is 24.5 Å². The summed E-state index contributed by atoms with van der Waals surface area (Å²) in [4.78, 5) is 2.51. The highest BCUT2D eigenvalue weighted by atomic mass is 16.5. The lowest BCUT2D eigenvalue weighted by atomic mass is 10.0. The van der Waals surface area contributed by atoms with Gasteiger partial charge in [0.05, 0.1) is 6.10 Å². The summed E-state index contributed by atoms with van der Waals surface area (Å²) in [5, 5.41) is 3.54. The van der Waals surface area contributed by atoms with Crippen molar-refractivity contribution in [3.05, 3.63) is 29.8 Å². The highest BCUT2D eigenvalue weighted by Crippen LogP contribution is 2.17. The van der Waals surface area contributed by atoms with Gasteiger partial charge in [0, 0.05) is 31.7 Å². The van der Waals surface area contributed by atoms with Gasteiger partial charge < -0.3 is 10.1 Å². The molecule has 1 saturated heterocycles. The third-order valence-electron chi connectivity index (χ3n) is 3.35. The first-order valence-electron chi connectivity index (χ1n) is 7.18. The van der Waals surface area contributed by atoms with Gasteiger partial charge in [0.1, 0.15) is 5.75 Å². The van der Waals surface area contributed by atoms with Crippen LogP contribution in [-0.4, -0.2) is 36.2 Å². The Morgan fingerprint density at radius 3 is 2.53 bits per heavy atom. The molecule has 2 rings (SSSR count). The Kier molecular flexibility index (Phi) is 4.48. The Labute approximate surface area is 116 Å². The molecule has 0 amide bonds. The third-order valence-corrected chi connectivity index (χ3v) is 3.35. The first kappa shape index (κ1) is 14.4. The maximum atomic E-state index is 5.67. The first-order chi connectivity index (χ1) is 8.94. The second-order valence-corrected chi connectivity index (χ2v) is 6.33. The van der Waals surface area contributed by atoms with Crippen LogP contribution in [0, 0.1) is 0 Å². The largest absolute Gasteiger partial charge is 0.491 e. The molecule has 0 aliphatic carbocycles. The summed E-state index contributed by atoms with van der Waals surface area (Å²) in [5.41, 5.74) is 1.58. The van der Waals surface area contributed by atoms with E-state index < -0.39 is 0 Å². The SMILES string of the molecule is CC(C)Oc1ccc(CN2CCNC(C)(C)C2)cc1. The molecule has 0 bridgehead atoms. The van der Waals surface area contributed by atoms with Crippen LogP contribution in [0.1, 0.15) is 33.3 Å². The number of nitrogens with zero attached hydrogens (tertiary/aromatic N) is 1. The summed E-state index contributed by atoms with van der Waals surface area (Å²) in [5.74, 6) is 0.958. The molecule has 0 spiro atoms. The van der Waals surface area contributed by atoms with Crippen LogP contribution in [0.4, 0.5) is 0 Å². The number of ether oxygens (including phenoxy) is 1. The Hall–Kier alpha value is -1.06. The van der Waals surface area contributed by atoms with Crippen LogP contribution in [-0.2, 0) is 6.54 Å². The van der Waals surface area contributed by atoms with E-state index in [1.165, 1.54) is 5.56 Å². The van der Waals surface area contributed by atoms with Crippen molar-refractivity contribution in [2.75, 3.05) is 19.6 Å². The minimum atomic E-state index is 0.221. The fraction of sp³-hybridized carbons (Fsp3) is 0.625. The zero-order valence-corrected chi connectivity index (χ0v) is 12.6. The number of hydrogen-bond acceptors (Lipinski definition) is 3. The van der Waals surface area contributed by atoms with Crippen molar-refractivity contribution in [1.82, 2.24) is 10.2 Å². The van der Waals surface area contributed by atoms with Crippen LogP contribution in [0.25, 0.3) is 0 Å². The second kappa shape index (κ2) is 5.93. The predicted octanol–water partition coefficient (Wildman–Crippen LogP) is 2.66. The Morgan fingerprint density at radius 2 is 1.95 bits per heavy atom. The molecule has 1 aliphatic heterocycles. The van der Waals surface area contributed by atoms with Gasteiger partial charge in [-0.15, -0.1) is 0 Å². The van der Waals surface area contributed by atoms with Crippen LogP contribution in [0.2, 0.25) is 0 Å². The average molecular weight is 262 g/mol. The maximum Gasteiger partial charge on any atom is 0.119 e. The summed E-state index contributed by atoms with van der Waals surface area (Å²) in [7, 11) is 0. The summed E-state index contributed by atoms with van der Waals surface area (Å²) in [6.45, 7) is 12.9. The number of piperazine rings is 1. The van der Waals surface area contributed by atoms with E-state index in [-0.39, 0.29) is 11.6 Å². The Morgan fingerprint density at radius 1 is 1.26 bits per heavy atom. The van der Waals surface area contributed by atoms with Gasteiger partial charge in [0.15, 0.2) is 0 Å². The number of hydrogen-bond donors (Lipinski definition) is 1. The number of nitrogens with one attached hydrogen (secondary N) is 1. The van der Waals surface area contributed by atoms with Crippen molar-refractivity contribution in [2.24, 2.45) is 0 Å². The fourth-order valence-electron chi connectivity index (χ4n) is 2.59. The van der Waals surface area contributed by atoms with Crippen molar-refractivity contribution in [2.45, 2.75) is 45.9 Å². The van der Waals surface area contributed by atoms with E-state index in [0.29, 0.717) is 0 Å². The molecule has 0 saturated carbocycles. The van der Waals surface area contributed by atoms with Gasteiger partial charge in [-0.3, -0.25) is 4.90 Å². The molecule has 0 radical (unpaired) electrons. The molecule has 0 unspecified atom stereocenters. The van der Waals surface area contributed by atoms with E-state index in [1.807, 2.05) is 0 Å². The summed E-state index contributed by atoms with van der Waals surface area (Å²) >= 11 is 0. The van der Waals surface area contributed by atoms with Gasteiger partial charge in [-0.05, 0) is 45.4 Å². The molecule has 1 aliphatic rings. The van der Waals surface area contributed by atoms with Gasteiger partial charge in [-0.2, -0.15) is 0 Å². The molecule has 0 atom stereocenters. The van der Waals surface area contributed by atoms with Gasteiger partial charge in [-0.25, -0.2) is 0 Å². The highest BCUT2D eigenvalue weighted by Gasteiger charge is 2.25. The van der Waals surface area contributed by atoms with E-state index in [9.17, 15) is 0 Å². The number of benzene rings is 1. The Bertz CT molecular complexity index is 398. The van der Waals surface area contributed by atoms with Crippen LogP contribution < -0.4 is 10.1 Å². The van der Waals surface area contributed by atoms with Gasteiger partial charge in [-0.1, -0.05) is 12.1 Å². The average Bonchev–Trinajstić information content (AvgIpc) is 2.30. The number of rotatable bonds is 4. The van der Waals surface area contributed by atoms with Crippen LogP contribution in [0.15, 0.2) is 24.3 Å². The van der Waals surface area contributed by atoms with E-state index in [4.69, 9.17) is 4.74 Å². The third kappa shape index (κ3) is 4.51. The Balaban J connectivity index is 1.92. The monoisotopic (exact) mass is 262 g/mol. The molecule has 106 valence electrons. The van der Waals surface area contributed by atoms with Crippen molar-refractivity contribution in [1.29, 1.82) is 0 Å². The first-order valence-corrected chi connectivity index (χ1v) is 7.18. The molecule has 1 fully saturated rings. The lowest BCUT2D eigenvalue weighted by Crippen LogP contribution is -2.56. The zero-order chi connectivity index (χ0) is 13.9. The fourth-order valence-corrected chi connectivity index (χ4v) is 2.59. The smallest absolute Gasteiger partial charge is 0.119 e. The van der Waals surface area contributed by atoms with Crippen molar-refractivity contribution < 1.29 is 4.74 Å². The normalized spacial score (nSPS) is 19.6. The quantitative estimate of drug-likeness (QED) is 0.903. The second-order valence-electron chi connectivity index (χ2n) is 6.33. The minimum Gasteiger partial charge on any atom is -0.491 e. The predicted molar refractivity (Wildman–Crippen MR) is 79.6 cm³/mol. The van der Waals surface area contributed by atoms with Crippen molar-refractivity contribution in [3.63, 3.8) is 0 Å². The molecule has 1 aromatic rings. The van der Waals surface area contributed by atoms with Gasteiger partial charge in [0.25, 0.3) is 0 Å². The van der Waals surface area contributed by atoms with Crippen molar-refractivity contribution >= 4 is 0 Å². The van der Waals surface area contributed by atoms with Crippen LogP contribution >= 0.6 is 0 Å². The molecule has 1 aromatic carbocycles. The molecule has 19 heavy (non-hydrogen) atoms. The standard InChI is InChI=1S/C16H26N2O/c1-13(2)19-15-7-5-14(6-8-15)11-18-10-9-17-16(3,4)12-18/h5-8,13,17H,9-12H2,1-4H3.